The predicted octanol–water partition coefficient (Wildman–Crippen LogP) is 2.52. The molecule has 0 radical (unpaired) electrons. The maximum Gasteiger partial charge on any atom is 0.309 e. The first-order valence-electron chi connectivity index (χ1n) is 7.78. The maximum atomic E-state index is 12.0. The Hall–Kier alpha value is -1.84. The van der Waals surface area contributed by atoms with Crippen LogP contribution in [0.4, 0.5) is 0 Å². The molecule has 4 heteroatoms. The first-order valence-corrected chi connectivity index (χ1v) is 7.78. The second-order valence-electron chi connectivity index (χ2n) is 5.95. The van der Waals surface area contributed by atoms with Gasteiger partial charge in [-0.1, -0.05) is 30.7 Å². The Morgan fingerprint density at radius 1 is 1.14 bits per heavy atom. The van der Waals surface area contributed by atoms with Crippen molar-refractivity contribution in [2.75, 3.05) is 6.61 Å². The number of aryl methyl sites for hydroxylation is 1. The van der Waals surface area contributed by atoms with Gasteiger partial charge in [0.1, 0.15) is 0 Å². The molecule has 0 heterocycles. The average molecular weight is 287 g/mol. The number of nitrogens with one attached hydrogen (secondary N) is 1. The number of hydrogen-bond acceptors (Lipinski definition) is 3. The molecule has 1 N–H and O–H groups in total. The molecule has 4 nitrogen and oxygen atoms in total. The number of carbonyl (C=O) groups is 2. The van der Waals surface area contributed by atoms with Gasteiger partial charge in [0.2, 0.25) is 0 Å². The van der Waals surface area contributed by atoms with Gasteiger partial charge in [-0.2, -0.15) is 0 Å². The zero-order chi connectivity index (χ0) is 14.7. The van der Waals surface area contributed by atoms with E-state index in [9.17, 15) is 9.59 Å². The van der Waals surface area contributed by atoms with Crippen LogP contribution in [0.3, 0.4) is 0 Å². The monoisotopic (exact) mass is 287 g/mol. The van der Waals surface area contributed by atoms with Crippen LogP contribution in [0.2, 0.25) is 0 Å². The van der Waals surface area contributed by atoms with Crippen LogP contribution in [0.1, 0.15) is 49.3 Å². The molecule has 1 amide bonds. The zero-order valence-electron chi connectivity index (χ0n) is 12.1. The molecule has 0 aromatic heterocycles. The van der Waals surface area contributed by atoms with Crippen LogP contribution in [0.15, 0.2) is 24.3 Å². The van der Waals surface area contributed by atoms with E-state index in [1.165, 1.54) is 11.1 Å². The molecule has 2 aliphatic carbocycles. The predicted molar refractivity (Wildman–Crippen MR) is 78.6 cm³/mol. The van der Waals surface area contributed by atoms with Gasteiger partial charge in [0.15, 0.2) is 6.61 Å². The molecule has 21 heavy (non-hydrogen) atoms. The smallest absolute Gasteiger partial charge is 0.309 e. The maximum absolute atomic E-state index is 12.0. The summed E-state index contributed by atoms with van der Waals surface area (Å²) in [6.07, 6.45) is 5.97. The highest BCUT2D eigenvalue weighted by molar-refractivity contribution is 5.81. The SMILES string of the molecule is O=C(COC(=O)C1CCC1)N[C@H]1CCCc2ccccc21. The van der Waals surface area contributed by atoms with Crippen LogP contribution in [0, 0.1) is 5.92 Å². The summed E-state index contributed by atoms with van der Waals surface area (Å²) in [5.41, 5.74) is 2.50. The molecule has 0 unspecified atom stereocenters. The van der Waals surface area contributed by atoms with E-state index < -0.39 is 0 Å². The molecule has 1 saturated carbocycles. The third-order valence-corrected chi connectivity index (χ3v) is 4.49. The van der Waals surface area contributed by atoms with E-state index in [1.807, 2.05) is 12.1 Å². The fourth-order valence-electron chi connectivity index (χ4n) is 3.04. The summed E-state index contributed by atoms with van der Waals surface area (Å²) in [6, 6.07) is 8.26. The largest absolute Gasteiger partial charge is 0.455 e. The third kappa shape index (κ3) is 3.26. The molecule has 2 aliphatic rings. The van der Waals surface area contributed by atoms with Gasteiger partial charge >= 0.3 is 5.97 Å². The Kier molecular flexibility index (Phi) is 4.23. The van der Waals surface area contributed by atoms with Crippen molar-refractivity contribution in [1.82, 2.24) is 5.32 Å². The molecule has 1 aromatic rings. The highest BCUT2D eigenvalue weighted by atomic mass is 16.5. The lowest BCUT2D eigenvalue weighted by Gasteiger charge is -2.27. The molecule has 0 spiro atoms. The molecule has 1 atom stereocenters. The zero-order valence-corrected chi connectivity index (χ0v) is 12.1. The second kappa shape index (κ2) is 6.29. The number of carbonyl (C=O) groups excluding carboxylic acids is 2. The van der Waals surface area contributed by atoms with Gasteiger partial charge in [-0.3, -0.25) is 9.59 Å². The summed E-state index contributed by atoms with van der Waals surface area (Å²) < 4.78 is 5.09. The lowest BCUT2D eigenvalue weighted by atomic mass is 9.86. The number of benzene rings is 1. The van der Waals surface area contributed by atoms with E-state index in [-0.39, 0.29) is 30.4 Å². The van der Waals surface area contributed by atoms with E-state index in [0.717, 1.165) is 38.5 Å². The summed E-state index contributed by atoms with van der Waals surface area (Å²) in [6.45, 7) is -0.159. The van der Waals surface area contributed by atoms with Crippen molar-refractivity contribution in [1.29, 1.82) is 0 Å². The Balaban J connectivity index is 1.52. The quantitative estimate of drug-likeness (QED) is 0.866. The van der Waals surface area contributed by atoms with Gasteiger partial charge in [0.25, 0.3) is 5.91 Å². The fraction of sp³-hybridized carbons (Fsp3) is 0.529. The molecular weight excluding hydrogens is 266 g/mol. The summed E-state index contributed by atoms with van der Waals surface area (Å²) in [4.78, 5) is 23.6. The van der Waals surface area contributed by atoms with E-state index >= 15 is 0 Å². The normalized spacial score (nSPS) is 21.0. The van der Waals surface area contributed by atoms with Crippen LogP contribution < -0.4 is 5.32 Å². The van der Waals surface area contributed by atoms with Gasteiger partial charge in [-0.15, -0.1) is 0 Å². The summed E-state index contributed by atoms with van der Waals surface area (Å²) in [7, 11) is 0. The third-order valence-electron chi connectivity index (χ3n) is 4.49. The van der Waals surface area contributed by atoms with Crippen molar-refractivity contribution >= 4 is 11.9 Å². The lowest BCUT2D eigenvalue weighted by Crippen LogP contribution is -2.35. The van der Waals surface area contributed by atoms with Gasteiger partial charge in [-0.05, 0) is 43.2 Å². The number of esters is 1. The van der Waals surface area contributed by atoms with Crippen LogP contribution in [0.25, 0.3) is 0 Å². The molecule has 1 aromatic carbocycles. The van der Waals surface area contributed by atoms with Crippen molar-refractivity contribution in [2.45, 2.75) is 44.6 Å². The standard InChI is InChI=1S/C17H21NO3/c19-16(11-21-17(20)13-7-3-8-13)18-15-10-4-6-12-5-1-2-9-14(12)15/h1-2,5,9,13,15H,3-4,6-8,10-11H2,(H,18,19)/t15-/m0/s1. The van der Waals surface area contributed by atoms with Crippen LogP contribution >= 0.6 is 0 Å². The van der Waals surface area contributed by atoms with Crippen molar-refractivity contribution in [2.24, 2.45) is 5.92 Å². The van der Waals surface area contributed by atoms with E-state index in [2.05, 4.69) is 17.4 Å². The van der Waals surface area contributed by atoms with Gasteiger partial charge in [0.05, 0.1) is 12.0 Å². The van der Waals surface area contributed by atoms with E-state index in [0.29, 0.717) is 0 Å². The number of rotatable bonds is 4. The van der Waals surface area contributed by atoms with Crippen molar-refractivity contribution in [3.8, 4) is 0 Å². The molecule has 3 rings (SSSR count). The minimum atomic E-state index is -0.222. The molecular formula is C17H21NO3. The molecule has 0 saturated heterocycles. The number of fused-ring (bicyclic) bond motifs is 1. The Bertz CT molecular complexity index is 537. The summed E-state index contributed by atoms with van der Waals surface area (Å²) >= 11 is 0. The minimum absolute atomic E-state index is 0.0215. The van der Waals surface area contributed by atoms with Gasteiger partial charge in [-0.25, -0.2) is 0 Å². The summed E-state index contributed by atoms with van der Waals surface area (Å²) in [5, 5.41) is 2.99. The first kappa shape index (κ1) is 14.1. The highest BCUT2D eigenvalue weighted by Crippen LogP contribution is 2.29. The van der Waals surface area contributed by atoms with E-state index in [1.54, 1.807) is 0 Å². The molecule has 112 valence electrons. The molecule has 1 fully saturated rings. The fourth-order valence-corrected chi connectivity index (χ4v) is 3.04. The van der Waals surface area contributed by atoms with Crippen molar-refractivity contribution < 1.29 is 14.3 Å². The first-order chi connectivity index (χ1) is 10.2. The number of hydrogen-bond donors (Lipinski definition) is 1. The molecule has 0 aliphatic heterocycles. The topological polar surface area (TPSA) is 55.4 Å². The van der Waals surface area contributed by atoms with E-state index in [4.69, 9.17) is 4.74 Å². The van der Waals surface area contributed by atoms with Gasteiger partial charge in [0, 0.05) is 0 Å². The highest BCUT2D eigenvalue weighted by Gasteiger charge is 2.27. The van der Waals surface area contributed by atoms with Crippen molar-refractivity contribution in [3.63, 3.8) is 0 Å². The Morgan fingerprint density at radius 3 is 2.71 bits per heavy atom. The molecule has 0 bridgehead atoms. The van der Waals surface area contributed by atoms with Gasteiger partial charge < -0.3 is 10.1 Å². The minimum Gasteiger partial charge on any atom is -0.455 e. The average Bonchev–Trinajstić information content (AvgIpc) is 2.44. The number of amides is 1. The summed E-state index contributed by atoms with van der Waals surface area (Å²) in [5.74, 6) is -0.405. The van der Waals surface area contributed by atoms with Crippen LogP contribution in [0.5, 0.6) is 0 Å². The van der Waals surface area contributed by atoms with Crippen molar-refractivity contribution in [3.05, 3.63) is 35.4 Å². The van der Waals surface area contributed by atoms with Crippen LogP contribution in [-0.4, -0.2) is 18.5 Å². The lowest BCUT2D eigenvalue weighted by molar-refractivity contribution is -0.155. The van der Waals surface area contributed by atoms with Crippen LogP contribution in [-0.2, 0) is 20.7 Å². The second-order valence-corrected chi connectivity index (χ2v) is 5.95. The number of ether oxygens (including phenoxy) is 1. The Labute approximate surface area is 124 Å². The Morgan fingerprint density at radius 2 is 1.95 bits per heavy atom.